The topological polar surface area (TPSA) is 78.9 Å². The van der Waals surface area contributed by atoms with Crippen LogP contribution in [0.1, 0.15) is 50.9 Å². The Balaban J connectivity index is 1.97. The van der Waals surface area contributed by atoms with E-state index in [2.05, 4.69) is 33.1 Å². The van der Waals surface area contributed by atoms with Crippen LogP contribution in [-0.4, -0.2) is 42.4 Å². The number of carboxylic acid groups (broad SMARTS) is 1. The normalized spacial score (nSPS) is 16.9. The van der Waals surface area contributed by atoms with Gasteiger partial charge in [-0.25, -0.2) is 9.59 Å². The Morgan fingerprint density at radius 3 is 2.46 bits per heavy atom. The van der Waals surface area contributed by atoms with Gasteiger partial charge in [-0.1, -0.05) is 22.9 Å². The van der Waals surface area contributed by atoms with Gasteiger partial charge in [-0.05, 0) is 57.2 Å². The average molecular weight is 427 g/mol. The van der Waals surface area contributed by atoms with E-state index in [1.54, 1.807) is 12.1 Å². The molecule has 144 valence electrons. The number of carbonyl (C=O) groups excluding carboxylic acids is 1. The Hall–Kier alpha value is -1.76. The quantitative estimate of drug-likeness (QED) is 0.750. The molecule has 0 unspecified atom stereocenters. The third-order valence-electron chi connectivity index (χ3n) is 4.56. The van der Waals surface area contributed by atoms with E-state index >= 15 is 0 Å². The summed E-state index contributed by atoms with van der Waals surface area (Å²) in [4.78, 5) is 25.5. The number of halogens is 1. The Morgan fingerprint density at radius 1 is 1.31 bits per heavy atom. The SMILES string of the molecule is CC1(CNC(=O)OC(C)(C)C)CCN(c2cc(Br)ccc2C(=O)O)CC1. The van der Waals surface area contributed by atoms with Gasteiger partial charge in [0, 0.05) is 24.1 Å². The highest BCUT2D eigenvalue weighted by atomic mass is 79.9. The van der Waals surface area contributed by atoms with Crippen molar-refractivity contribution in [3.05, 3.63) is 28.2 Å². The number of anilines is 1. The van der Waals surface area contributed by atoms with Gasteiger partial charge in [0.05, 0.1) is 11.3 Å². The predicted molar refractivity (Wildman–Crippen MR) is 105 cm³/mol. The van der Waals surface area contributed by atoms with E-state index in [4.69, 9.17) is 4.74 Å². The lowest BCUT2D eigenvalue weighted by atomic mass is 9.80. The number of carbonyl (C=O) groups is 2. The standard InChI is InChI=1S/C19H27BrN2O4/c1-18(2,3)26-17(25)21-12-19(4)7-9-22(10-8-19)15-11-13(20)5-6-14(15)16(23)24/h5-6,11H,7-10,12H2,1-4H3,(H,21,25)(H,23,24). The van der Waals surface area contributed by atoms with Crippen LogP contribution in [0.25, 0.3) is 0 Å². The summed E-state index contributed by atoms with van der Waals surface area (Å²) >= 11 is 3.42. The number of aromatic carboxylic acids is 1. The van der Waals surface area contributed by atoms with E-state index in [-0.39, 0.29) is 5.41 Å². The Labute approximate surface area is 163 Å². The van der Waals surface area contributed by atoms with E-state index in [1.165, 1.54) is 0 Å². The molecule has 6 nitrogen and oxygen atoms in total. The zero-order chi connectivity index (χ0) is 19.5. The van der Waals surface area contributed by atoms with Gasteiger partial charge in [0.15, 0.2) is 0 Å². The van der Waals surface area contributed by atoms with Gasteiger partial charge in [0.25, 0.3) is 0 Å². The number of rotatable bonds is 4. The molecule has 2 N–H and O–H groups in total. The van der Waals surface area contributed by atoms with Crippen LogP contribution in [-0.2, 0) is 4.74 Å². The number of hydrogen-bond acceptors (Lipinski definition) is 4. The molecule has 0 atom stereocenters. The summed E-state index contributed by atoms with van der Waals surface area (Å²) in [5, 5.41) is 12.3. The number of alkyl carbamates (subject to hydrolysis) is 1. The maximum Gasteiger partial charge on any atom is 0.407 e. The molecule has 1 fully saturated rings. The molecule has 0 aromatic heterocycles. The monoisotopic (exact) mass is 426 g/mol. The lowest BCUT2D eigenvalue weighted by Gasteiger charge is -2.41. The van der Waals surface area contributed by atoms with Crippen molar-refractivity contribution < 1.29 is 19.4 Å². The second kappa shape index (κ2) is 7.86. The molecule has 1 saturated heterocycles. The zero-order valence-electron chi connectivity index (χ0n) is 15.8. The molecule has 1 heterocycles. The lowest BCUT2D eigenvalue weighted by Crippen LogP contribution is -2.46. The molecule has 0 aliphatic carbocycles. The third kappa shape index (κ3) is 5.62. The molecular weight excluding hydrogens is 400 g/mol. The molecule has 1 aliphatic heterocycles. The minimum Gasteiger partial charge on any atom is -0.478 e. The number of hydrogen-bond donors (Lipinski definition) is 2. The van der Waals surface area contributed by atoms with Gasteiger partial charge in [-0.2, -0.15) is 0 Å². The van der Waals surface area contributed by atoms with Crippen molar-refractivity contribution in [3.8, 4) is 0 Å². The minimum atomic E-state index is -0.924. The molecule has 7 heteroatoms. The third-order valence-corrected chi connectivity index (χ3v) is 5.05. The zero-order valence-corrected chi connectivity index (χ0v) is 17.4. The minimum absolute atomic E-state index is 0.0389. The van der Waals surface area contributed by atoms with Gasteiger partial charge in [0.2, 0.25) is 0 Å². The molecule has 2 rings (SSSR count). The van der Waals surface area contributed by atoms with Gasteiger partial charge in [-0.15, -0.1) is 0 Å². The summed E-state index contributed by atoms with van der Waals surface area (Å²) in [6.07, 6.45) is 1.31. The molecule has 0 bridgehead atoms. The van der Waals surface area contributed by atoms with E-state index in [0.29, 0.717) is 12.1 Å². The smallest absolute Gasteiger partial charge is 0.407 e. The molecule has 1 aromatic carbocycles. The number of benzene rings is 1. The number of nitrogens with zero attached hydrogens (tertiary/aromatic N) is 1. The Bertz CT molecular complexity index is 677. The second-order valence-corrected chi connectivity index (χ2v) is 9.04. The first kappa shape index (κ1) is 20.6. The maximum absolute atomic E-state index is 11.9. The average Bonchev–Trinajstić information content (AvgIpc) is 2.52. The van der Waals surface area contributed by atoms with Crippen LogP contribution in [0.3, 0.4) is 0 Å². The Kier molecular flexibility index (Phi) is 6.21. The summed E-state index contributed by atoms with van der Waals surface area (Å²) in [5.41, 5.74) is 0.489. The van der Waals surface area contributed by atoms with Gasteiger partial charge in [-0.3, -0.25) is 0 Å². The van der Waals surface area contributed by atoms with Crippen molar-refractivity contribution in [2.24, 2.45) is 5.41 Å². The number of carboxylic acids is 1. The molecule has 0 spiro atoms. The lowest BCUT2D eigenvalue weighted by molar-refractivity contribution is 0.0494. The summed E-state index contributed by atoms with van der Waals surface area (Å²) < 4.78 is 6.15. The van der Waals surface area contributed by atoms with Crippen molar-refractivity contribution in [2.75, 3.05) is 24.5 Å². The molecular formula is C19H27BrN2O4. The van der Waals surface area contributed by atoms with Crippen LogP contribution in [0.15, 0.2) is 22.7 Å². The van der Waals surface area contributed by atoms with Crippen molar-refractivity contribution in [3.63, 3.8) is 0 Å². The molecule has 0 saturated carbocycles. The molecule has 0 radical (unpaired) electrons. The molecule has 1 aliphatic rings. The van der Waals surface area contributed by atoms with Crippen LogP contribution < -0.4 is 10.2 Å². The van der Waals surface area contributed by atoms with E-state index < -0.39 is 17.7 Å². The first-order valence-electron chi connectivity index (χ1n) is 8.74. The fourth-order valence-electron chi connectivity index (χ4n) is 3.01. The molecule has 1 amide bonds. The number of amides is 1. The fraction of sp³-hybridized carbons (Fsp3) is 0.579. The predicted octanol–water partition coefficient (Wildman–Crippen LogP) is 4.28. The van der Waals surface area contributed by atoms with E-state index in [9.17, 15) is 14.7 Å². The van der Waals surface area contributed by atoms with Gasteiger partial charge in [0.1, 0.15) is 5.60 Å². The highest BCUT2D eigenvalue weighted by Crippen LogP contribution is 2.34. The van der Waals surface area contributed by atoms with Crippen molar-refractivity contribution in [1.82, 2.24) is 5.32 Å². The van der Waals surface area contributed by atoms with Crippen molar-refractivity contribution >= 4 is 33.7 Å². The maximum atomic E-state index is 11.9. The van der Waals surface area contributed by atoms with E-state index in [1.807, 2.05) is 26.8 Å². The number of piperidine rings is 1. The van der Waals surface area contributed by atoms with Crippen LogP contribution >= 0.6 is 15.9 Å². The van der Waals surface area contributed by atoms with Crippen molar-refractivity contribution in [2.45, 2.75) is 46.1 Å². The number of nitrogens with one attached hydrogen (secondary N) is 1. The van der Waals surface area contributed by atoms with E-state index in [0.717, 1.165) is 36.1 Å². The first-order valence-corrected chi connectivity index (χ1v) is 9.53. The second-order valence-electron chi connectivity index (χ2n) is 8.12. The summed E-state index contributed by atoms with van der Waals surface area (Å²) in [7, 11) is 0. The number of ether oxygens (including phenoxy) is 1. The first-order chi connectivity index (χ1) is 12.0. The fourth-order valence-corrected chi connectivity index (χ4v) is 3.36. The van der Waals surface area contributed by atoms with Gasteiger partial charge >= 0.3 is 12.1 Å². The summed E-state index contributed by atoms with van der Waals surface area (Å²) in [5.74, 6) is -0.924. The molecule has 1 aromatic rings. The highest BCUT2D eigenvalue weighted by molar-refractivity contribution is 9.10. The summed E-state index contributed by atoms with van der Waals surface area (Å²) in [6.45, 7) is 9.67. The van der Waals surface area contributed by atoms with Crippen LogP contribution in [0, 0.1) is 5.41 Å². The highest BCUT2D eigenvalue weighted by Gasteiger charge is 2.32. The van der Waals surface area contributed by atoms with Crippen LogP contribution in [0.2, 0.25) is 0 Å². The molecule has 26 heavy (non-hydrogen) atoms. The van der Waals surface area contributed by atoms with Crippen molar-refractivity contribution in [1.29, 1.82) is 0 Å². The van der Waals surface area contributed by atoms with Gasteiger partial charge < -0.3 is 20.1 Å². The summed E-state index contributed by atoms with van der Waals surface area (Å²) in [6, 6.07) is 5.22. The van der Waals surface area contributed by atoms with Crippen LogP contribution in [0.5, 0.6) is 0 Å². The largest absolute Gasteiger partial charge is 0.478 e. The van der Waals surface area contributed by atoms with Crippen LogP contribution in [0.4, 0.5) is 10.5 Å². The Morgan fingerprint density at radius 2 is 1.92 bits per heavy atom.